The first kappa shape index (κ1) is 20.3. The summed E-state index contributed by atoms with van der Waals surface area (Å²) < 4.78 is 12.9. The summed E-state index contributed by atoms with van der Waals surface area (Å²) >= 11 is 7.62. The lowest BCUT2D eigenvalue weighted by Crippen LogP contribution is -2.01. The second-order valence-electron chi connectivity index (χ2n) is 6.46. The second kappa shape index (κ2) is 9.24. The lowest BCUT2D eigenvalue weighted by atomic mass is 10.2. The summed E-state index contributed by atoms with van der Waals surface area (Å²) in [6.45, 7) is 0. The van der Waals surface area contributed by atoms with E-state index in [1.54, 1.807) is 26.0 Å². The molecule has 0 unspecified atom stereocenters. The van der Waals surface area contributed by atoms with E-state index in [9.17, 15) is 0 Å². The Bertz CT molecular complexity index is 1130. The summed E-state index contributed by atoms with van der Waals surface area (Å²) in [6, 6.07) is 23.6. The molecule has 0 aliphatic heterocycles. The summed E-state index contributed by atoms with van der Waals surface area (Å²) in [5.74, 6) is 2.83. The highest BCUT2D eigenvalue weighted by molar-refractivity contribution is 7.98. The number of aromatic nitrogens is 3. The number of nitrogens with zero attached hydrogens (tertiary/aromatic N) is 3. The van der Waals surface area contributed by atoms with Gasteiger partial charge in [0.25, 0.3) is 0 Å². The molecule has 0 bridgehead atoms. The van der Waals surface area contributed by atoms with E-state index in [4.69, 9.17) is 21.1 Å². The quantitative estimate of drug-likeness (QED) is 0.337. The number of rotatable bonds is 7. The zero-order valence-electron chi connectivity index (χ0n) is 16.6. The predicted molar refractivity (Wildman–Crippen MR) is 121 cm³/mol. The number of hydrogen-bond donors (Lipinski definition) is 0. The van der Waals surface area contributed by atoms with Gasteiger partial charge in [-0.15, -0.1) is 10.2 Å². The van der Waals surface area contributed by atoms with Crippen LogP contribution in [-0.2, 0) is 5.75 Å². The number of thioether (sulfide) groups is 1. The molecule has 0 spiro atoms. The average molecular weight is 438 g/mol. The first-order valence-corrected chi connectivity index (χ1v) is 10.7. The molecule has 152 valence electrons. The largest absolute Gasteiger partial charge is 0.493 e. The maximum atomic E-state index is 6.00. The Balaban J connectivity index is 1.75. The first-order valence-electron chi connectivity index (χ1n) is 9.30. The molecule has 0 saturated carbocycles. The van der Waals surface area contributed by atoms with Gasteiger partial charge in [-0.25, -0.2) is 0 Å². The zero-order valence-corrected chi connectivity index (χ0v) is 18.2. The predicted octanol–water partition coefficient (Wildman–Crippen LogP) is 5.90. The van der Waals surface area contributed by atoms with Gasteiger partial charge >= 0.3 is 0 Å². The van der Waals surface area contributed by atoms with Gasteiger partial charge in [-0.05, 0) is 29.8 Å². The molecular weight excluding hydrogens is 418 g/mol. The van der Waals surface area contributed by atoms with Crippen molar-refractivity contribution in [2.75, 3.05) is 14.2 Å². The minimum atomic E-state index is 0.649. The molecule has 0 aliphatic carbocycles. The van der Waals surface area contributed by atoms with Crippen LogP contribution in [0.4, 0.5) is 0 Å². The summed E-state index contributed by atoms with van der Waals surface area (Å²) in [6.07, 6.45) is 0. The number of benzene rings is 3. The molecule has 5 nitrogen and oxygen atoms in total. The minimum absolute atomic E-state index is 0.649. The molecule has 1 aromatic heterocycles. The molecule has 30 heavy (non-hydrogen) atoms. The minimum Gasteiger partial charge on any atom is -0.493 e. The fourth-order valence-corrected chi connectivity index (χ4v) is 4.10. The van der Waals surface area contributed by atoms with Crippen LogP contribution < -0.4 is 9.47 Å². The molecule has 0 amide bonds. The molecule has 4 rings (SSSR count). The smallest absolute Gasteiger partial charge is 0.196 e. The molecule has 7 heteroatoms. The fraction of sp³-hybridized carbons (Fsp3) is 0.130. The van der Waals surface area contributed by atoms with E-state index in [1.165, 1.54) is 0 Å². The van der Waals surface area contributed by atoms with E-state index in [-0.39, 0.29) is 0 Å². The Morgan fingerprint density at radius 2 is 1.60 bits per heavy atom. The Hall–Kier alpha value is -2.96. The van der Waals surface area contributed by atoms with Gasteiger partial charge < -0.3 is 9.47 Å². The average Bonchev–Trinajstić information content (AvgIpc) is 3.22. The standard InChI is InChI=1S/C23H20ClN3O2S/c1-28-20-13-12-19(14-21(20)29-2)27-22(17-6-4-3-5-7-17)25-26-23(27)30-15-16-8-10-18(24)11-9-16/h3-14H,15H2,1-2H3. The first-order chi connectivity index (χ1) is 14.7. The third-order valence-electron chi connectivity index (χ3n) is 4.57. The molecular formula is C23H20ClN3O2S. The van der Waals surface area contributed by atoms with E-state index < -0.39 is 0 Å². The van der Waals surface area contributed by atoms with Crippen molar-refractivity contribution in [2.24, 2.45) is 0 Å². The third-order valence-corrected chi connectivity index (χ3v) is 5.82. The van der Waals surface area contributed by atoms with Crippen molar-refractivity contribution in [3.63, 3.8) is 0 Å². The molecule has 3 aromatic carbocycles. The highest BCUT2D eigenvalue weighted by Gasteiger charge is 2.18. The number of ether oxygens (including phenoxy) is 2. The van der Waals surface area contributed by atoms with E-state index >= 15 is 0 Å². The summed E-state index contributed by atoms with van der Waals surface area (Å²) in [7, 11) is 3.25. The zero-order chi connectivity index (χ0) is 20.9. The van der Waals surface area contributed by atoms with Crippen LogP contribution in [0.15, 0.2) is 78.0 Å². The highest BCUT2D eigenvalue weighted by atomic mass is 35.5. The van der Waals surface area contributed by atoms with Crippen molar-refractivity contribution < 1.29 is 9.47 Å². The van der Waals surface area contributed by atoms with Crippen molar-refractivity contribution >= 4 is 23.4 Å². The summed E-state index contributed by atoms with van der Waals surface area (Å²) in [5, 5.41) is 10.5. The molecule has 4 aromatic rings. The third kappa shape index (κ3) is 4.30. The van der Waals surface area contributed by atoms with Gasteiger partial charge in [-0.1, -0.05) is 65.8 Å². The Morgan fingerprint density at radius 3 is 2.30 bits per heavy atom. The molecule has 0 saturated heterocycles. The maximum Gasteiger partial charge on any atom is 0.196 e. The molecule has 1 heterocycles. The molecule has 0 aliphatic rings. The van der Waals surface area contributed by atoms with Crippen LogP contribution >= 0.6 is 23.4 Å². The van der Waals surface area contributed by atoms with Crippen LogP contribution in [0.2, 0.25) is 5.02 Å². The fourth-order valence-electron chi connectivity index (χ4n) is 3.06. The van der Waals surface area contributed by atoms with Crippen molar-refractivity contribution in [1.82, 2.24) is 14.8 Å². The molecule has 0 fully saturated rings. The normalized spacial score (nSPS) is 10.8. The van der Waals surface area contributed by atoms with Crippen molar-refractivity contribution in [2.45, 2.75) is 10.9 Å². The second-order valence-corrected chi connectivity index (χ2v) is 7.84. The Labute approximate surface area is 184 Å². The van der Waals surface area contributed by atoms with E-state index in [0.29, 0.717) is 11.5 Å². The maximum absolute atomic E-state index is 6.00. The number of hydrogen-bond acceptors (Lipinski definition) is 5. The van der Waals surface area contributed by atoms with Crippen molar-refractivity contribution in [3.8, 4) is 28.6 Å². The van der Waals surface area contributed by atoms with Crippen LogP contribution in [0.3, 0.4) is 0 Å². The summed E-state index contributed by atoms with van der Waals surface area (Å²) in [4.78, 5) is 0. The molecule has 0 radical (unpaired) electrons. The van der Waals surface area contributed by atoms with Gasteiger partial charge in [0.2, 0.25) is 0 Å². The van der Waals surface area contributed by atoms with Crippen LogP contribution in [0, 0.1) is 0 Å². The van der Waals surface area contributed by atoms with Crippen LogP contribution in [0.5, 0.6) is 11.5 Å². The van der Waals surface area contributed by atoms with Gasteiger partial charge in [0.15, 0.2) is 22.5 Å². The lowest BCUT2D eigenvalue weighted by molar-refractivity contribution is 0.355. The van der Waals surface area contributed by atoms with Gasteiger partial charge in [0.1, 0.15) is 0 Å². The SMILES string of the molecule is COc1ccc(-n2c(SCc3ccc(Cl)cc3)nnc2-c2ccccc2)cc1OC. The molecule has 0 N–H and O–H groups in total. The van der Waals surface area contributed by atoms with Crippen molar-refractivity contribution in [1.29, 1.82) is 0 Å². The van der Waals surface area contributed by atoms with Gasteiger partial charge in [-0.2, -0.15) is 0 Å². The topological polar surface area (TPSA) is 49.2 Å². The molecule has 0 atom stereocenters. The van der Waals surface area contributed by atoms with E-state index in [0.717, 1.165) is 38.6 Å². The number of halogens is 1. The monoisotopic (exact) mass is 437 g/mol. The van der Waals surface area contributed by atoms with Gasteiger partial charge in [0, 0.05) is 22.4 Å². The lowest BCUT2D eigenvalue weighted by Gasteiger charge is -2.13. The van der Waals surface area contributed by atoms with Crippen molar-refractivity contribution in [3.05, 3.63) is 83.4 Å². The van der Waals surface area contributed by atoms with Crippen LogP contribution in [0.25, 0.3) is 17.1 Å². The highest BCUT2D eigenvalue weighted by Crippen LogP contribution is 2.34. The van der Waals surface area contributed by atoms with E-state index in [1.807, 2.05) is 77.4 Å². The Kier molecular flexibility index (Phi) is 6.26. The van der Waals surface area contributed by atoms with Gasteiger partial charge in [0.05, 0.1) is 19.9 Å². The van der Waals surface area contributed by atoms with Crippen LogP contribution in [0.1, 0.15) is 5.56 Å². The van der Waals surface area contributed by atoms with E-state index in [2.05, 4.69) is 10.2 Å². The Morgan fingerprint density at radius 1 is 0.867 bits per heavy atom. The summed E-state index contributed by atoms with van der Waals surface area (Å²) in [5.41, 5.74) is 3.04. The van der Waals surface area contributed by atoms with Gasteiger partial charge in [-0.3, -0.25) is 4.57 Å². The van der Waals surface area contributed by atoms with Crippen LogP contribution in [-0.4, -0.2) is 29.0 Å². The number of methoxy groups -OCH3 is 2.